The number of aromatic nitrogens is 1. The number of anilines is 1. The number of amides is 3. The molecule has 0 radical (unpaired) electrons. The lowest BCUT2D eigenvalue weighted by Crippen LogP contribution is -2.41. The monoisotopic (exact) mass is 401 g/mol. The Morgan fingerprint density at radius 1 is 0.966 bits per heavy atom. The predicted octanol–water partition coefficient (Wildman–Crippen LogP) is 1.17. The average Bonchev–Trinajstić information content (AvgIpc) is 2.77. The minimum Gasteiger partial charge on any atom is -0.378 e. The van der Waals surface area contributed by atoms with Gasteiger partial charge in [-0.25, -0.2) is 14.2 Å². The van der Waals surface area contributed by atoms with Gasteiger partial charge in [0.05, 0.1) is 19.8 Å². The third-order valence-electron chi connectivity index (χ3n) is 4.41. The number of urea groups is 1. The van der Waals surface area contributed by atoms with Crippen molar-refractivity contribution in [2.75, 3.05) is 37.7 Å². The molecule has 0 atom stereocenters. The lowest BCUT2D eigenvalue weighted by molar-refractivity contribution is -0.120. The summed E-state index contributed by atoms with van der Waals surface area (Å²) >= 11 is 0. The van der Waals surface area contributed by atoms with Crippen LogP contribution in [0.4, 0.5) is 15.0 Å². The van der Waals surface area contributed by atoms with E-state index in [0.29, 0.717) is 19.8 Å². The van der Waals surface area contributed by atoms with Gasteiger partial charge in [0.2, 0.25) is 5.91 Å². The van der Waals surface area contributed by atoms with E-state index in [-0.39, 0.29) is 24.8 Å². The van der Waals surface area contributed by atoms with Crippen molar-refractivity contribution < 1.29 is 18.7 Å². The maximum absolute atomic E-state index is 12.8. The van der Waals surface area contributed by atoms with Crippen LogP contribution in [0.5, 0.6) is 0 Å². The summed E-state index contributed by atoms with van der Waals surface area (Å²) in [5.74, 6) is 0.253. The average molecular weight is 401 g/mol. The molecule has 1 aliphatic heterocycles. The molecule has 2 aromatic rings. The molecular formula is C20H24FN5O3. The second kappa shape index (κ2) is 10.4. The van der Waals surface area contributed by atoms with Crippen LogP contribution in [0, 0.1) is 5.82 Å². The molecule has 154 valence electrons. The molecule has 1 aromatic heterocycles. The first kappa shape index (κ1) is 20.5. The van der Waals surface area contributed by atoms with Crippen LogP contribution in [0.25, 0.3) is 0 Å². The van der Waals surface area contributed by atoms with Gasteiger partial charge >= 0.3 is 6.03 Å². The van der Waals surface area contributed by atoms with Crippen LogP contribution in [-0.2, 0) is 22.6 Å². The molecule has 0 saturated carbocycles. The van der Waals surface area contributed by atoms with Crippen LogP contribution >= 0.6 is 0 Å². The molecule has 1 aromatic carbocycles. The van der Waals surface area contributed by atoms with Gasteiger partial charge in [0.1, 0.15) is 11.6 Å². The number of nitrogens with zero attached hydrogens (tertiary/aromatic N) is 2. The molecule has 3 N–H and O–H groups in total. The highest BCUT2D eigenvalue weighted by Gasteiger charge is 2.12. The third-order valence-corrected chi connectivity index (χ3v) is 4.41. The second-order valence-corrected chi connectivity index (χ2v) is 6.56. The zero-order chi connectivity index (χ0) is 20.5. The summed E-state index contributed by atoms with van der Waals surface area (Å²) in [5, 5.41) is 7.83. The summed E-state index contributed by atoms with van der Waals surface area (Å²) in [6.07, 6.45) is 1.73. The topological polar surface area (TPSA) is 95.6 Å². The lowest BCUT2D eigenvalue weighted by Gasteiger charge is -2.27. The Morgan fingerprint density at radius 3 is 2.34 bits per heavy atom. The Bertz CT molecular complexity index is 808. The van der Waals surface area contributed by atoms with Gasteiger partial charge in [0, 0.05) is 32.4 Å². The van der Waals surface area contributed by atoms with Crippen molar-refractivity contribution in [2.45, 2.75) is 13.1 Å². The molecule has 1 saturated heterocycles. The van der Waals surface area contributed by atoms with Gasteiger partial charge in [-0.2, -0.15) is 0 Å². The van der Waals surface area contributed by atoms with E-state index in [9.17, 15) is 14.0 Å². The molecule has 9 heteroatoms. The minimum absolute atomic E-state index is 0.144. The molecule has 3 amide bonds. The van der Waals surface area contributed by atoms with E-state index >= 15 is 0 Å². The van der Waals surface area contributed by atoms with E-state index in [2.05, 4.69) is 25.8 Å². The van der Waals surface area contributed by atoms with Gasteiger partial charge in [-0.05, 0) is 29.3 Å². The number of carbonyl (C=O) groups excluding carboxylic acids is 2. The van der Waals surface area contributed by atoms with Gasteiger partial charge in [0.25, 0.3) is 0 Å². The van der Waals surface area contributed by atoms with Gasteiger partial charge in [-0.3, -0.25) is 4.79 Å². The fraction of sp³-hybridized carbons (Fsp3) is 0.350. The first-order valence-electron chi connectivity index (χ1n) is 9.40. The van der Waals surface area contributed by atoms with Gasteiger partial charge in [-0.1, -0.05) is 18.2 Å². The van der Waals surface area contributed by atoms with Crippen LogP contribution in [0.1, 0.15) is 11.1 Å². The van der Waals surface area contributed by atoms with Crippen LogP contribution in [0.2, 0.25) is 0 Å². The Kier molecular flexibility index (Phi) is 7.34. The number of nitrogens with one attached hydrogen (secondary N) is 3. The van der Waals surface area contributed by atoms with Gasteiger partial charge in [0.15, 0.2) is 0 Å². The maximum atomic E-state index is 12.8. The highest BCUT2D eigenvalue weighted by Crippen LogP contribution is 2.12. The van der Waals surface area contributed by atoms with E-state index in [1.165, 1.54) is 12.1 Å². The fourth-order valence-corrected chi connectivity index (χ4v) is 2.77. The summed E-state index contributed by atoms with van der Waals surface area (Å²) in [7, 11) is 0. The maximum Gasteiger partial charge on any atom is 0.315 e. The highest BCUT2D eigenvalue weighted by molar-refractivity contribution is 5.83. The van der Waals surface area contributed by atoms with Gasteiger partial charge < -0.3 is 25.6 Å². The molecule has 0 aliphatic carbocycles. The first-order chi connectivity index (χ1) is 14.1. The zero-order valence-corrected chi connectivity index (χ0v) is 16.0. The quantitative estimate of drug-likeness (QED) is 0.648. The first-order valence-corrected chi connectivity index (χ1v) is 9.40. The predicted molar refractivity (Wildman–Crippen MR) is 106 cm³/mol. The molecule has 1 fully saturated rings. The second-order valence-electron chi connectivity index (χ2n) is 6.56. The van der Waals surface area contributed by atoms with Crippen molar-refractivity contribution >= 4 is 17.8 Å². The van der Waals surface area contributed by atoms with Crippen molar-refractivity contribution in [3.05, 3.63) is 59.5 Å². The molecule has 1 aliphatic rings. The number of carbonyl (C=O) groups is 2. The molecule has 0 bridgehead atoms. The molecular weight excluding hydrogens is 377 g/mol. The summed E-state index contributed by atoms with van der Waals surface area (Å²) in [6, 6.07) is 9.19. The van der Waals surface area contributed by atoms with E-state index in [1.54, 1.807) is 18.3 Å². The lowest BCUT2D eigenvalue weighted by atomic mass is 10.2. The number of benzene rings is 1. The molecule has 0 unspecified atom stereocenters. The molecule has 0 spiro atoms. The zero-order valence-electron chi connectivity index (χ0n) is 16.0. The number of halogens is 1. The summed E-state index contributed by atoms with van der Waals surface area (Å²) in [5.41, 5.74) is 1.63. The van der Waals surface area contributed by atoms with E-state index < -0.39 is 6.03 Å². The van der Waals surface area contributed by atoms with Crippen LogP contribution in [0.15, 0.2) is 42.6 Å². The van der Waals surface area contributed by atoms with Crippen molar-refractivity contribution in [3.8, 4) is 0 Å². The number of pyridine rings is 1. The van der Waals surface area contributed by atoms with Crippen LogP contribution in [0.3, 0.4) is 0 Å². The van der Waals surface area contributed by atoms with Crippen LogP contribution < -0.4 is 20.9 Å². The normalized spacial score (nSPS) is 13.6. The number of ether oxygens (including phenoxy) is 1. The van der Waals surface area contributed by atoms with Crippen LogP contribution in [-0.4, -0.2) is 49.8 Å². The number of hydrogen-bond acceptors (Lipinski definition) is 5. The molecule has 8 nitrogen and oxygen atoms in total. The number of hydrogen-bond donors (Lipinski definition) is 3. The smallest absolute Gasteiger partial charge is 0.315 e. The van der Waals surface area contributed by atoms with Crippen molar-refractivity contribution in [1.29, 1.82) is 0 Å². The highest BCUT2D eigenvalue weighted by atomic mass is 19.1. The molecule has 2 heterocycles. The summed E-state index contributed by atoms with van der Waals surface area (Å²) in [4.78, 5) is 30.2. The largest absolute Gasteiger partial charge is 0.378 e. The number of morpholine rings is 1. The van der Waals surface area contributed by atoms with Crippen molar-refractivity contribution in [2.24, 2.45) is 0 Å². The minimum atomic E-state index is -0.471. The van der Waals surface area contributed by atoms with E-state index in [1.807, 2.05) is 12.1 Å². The van der Waals surface area contributed by atoms with Crippen molar-refractivity contribution in [1.82, 2.24) is 20.9 Å². The van der Waals surface area contributed by atoms with E-state index in [4.69, 9.17) is 4.74 Å². The Labute approximate surface area is 168 Å². The molecule has 3 rings (SSSR count). The third kappa shape index (κ3) is 6.72. The van der Waals surface area contributed by atoms with Gasteiger partial charge in [-0.15, -0.1) is 0 Å². The standard InChI is InChI=1S/C20H24FN5O3/c21-17-4-1-15(2-5-17)11-24-20(28)25-14-19(27)23-13-16-3-6-18(22-12-16)26-7-9-29-10-8-26/h1-6,12H,7-11,13-14H2,(H,23,27)(H2,24,25,28). The Hall–Kier alpha value is -3.20. The van der Waals surface area contributed by atoms with Crippen molar-refractivity contribution in [3.63, 3.8) is 0 Å². The Balaban J connectivity index is 1.34. The Morgan fingerprint density at radius 2 is 1.66 bits per heavy atom. The summed E-state index contributed by atoms with van der Waals surface area (Å²) in [6.45, 7) is 3.46. The number of rotatable bonds is 7. The fourth-order valence-electron chi connectivity index (χ4n) is 2.77. The SMILES string of the molecule is O=C(CNC(=O)NCc1ccc(F)cc1)NCc1ccc(N2CCOCC2)nc1. The summed E-state index contributed by atoms with van der Waals surface area (Å²) < 4.78 is 18.2. The van der Waals surface area contributed by atoms with E-state index in [0.717, 1.165) is 30.0 Å². The molecule has 29 heavy (non-hydrogen) atoms.